The van der Waals surface area contributed by atoms with Gasteiger partial charge in [-0.3, -0.25) is 4.79 Å². The van der Waals surface area contributed by atoms with E-state index in [2.05, 4.69) is 12.2 Å². The smallest absolute Gasteiger partial charge is 0.338 e. The van der Waals surface area contributed by atoms with Crippen LogP contribution in [-0.4, -0.2) is 25.1 Å². The molecule has 2 aromatic carbocycles. The predicted molar refractivity (Wildman–Crippen MR) is 100 cm³/mol. The van der Waals surface area contributed by atoms with Crippen LogP contribution in [0.4, 0.5) is 0 Å². The second-order valence-electron chi connectivity index (χ2n) is 5.85. The summed E-state index contributed by atoms with van der Waals surface area (Å²) in [5.74, 6) is -0.0243. The molecule has 26 heavy (non-hydrogen) atoms. The minimum Gasteiger partial charge on any atom is -0.484 e. The lowest BCUT2D eigenvalue weighted by molar-refractivity contribution is -0.123. The zero-order valence-corrected chi connectivity index (χ0v) is 15.2. The zero-order chi connectivity index (χ0) is 18.8. The number of rotatable bonds is 9. The van der Waals surface area contributed by atoms with E-state index in [-0.39, 0.29) is 24.5 Å². The van der Waals surface area contributed by atoms with Crippen LogP contribution in [-0.2, 0) is 9.53 Å². The average Bonchev–Trinajstić information content (AvgIpc) is 2.67. The van der Waals surface area contributed by atoms with Crippen molar-refractivity contribution < 1.29 is 19.1 Å². The van der Waals surface area contributed by atoms with Crippen molar-refractivity contribution in [1.29, 1.82) is 0 Å². The van der Waals surface area contributed by atoms with E-state index in [4.69, 9.17) is 9.47 Å². The monoisotopic (exact) mass is 355 g/mol. The van der Waals surface area contributed by atoms with Gasteiger partial charge in [0.05, 0.1) is 18.2 Å². The van der Waals surface area contributed by atoms with E-state index in [1.165, 1.54) is 0 Å². The summed E-state index contributed by atoms with van der Waals surface area (Å²) in [5.41, 5.74) is 1.54. The molecular formula is C21H25NO4. The first kappa shape index (κ1) is 19.5. The first-order chi connectivity index (χ1) is 12.6. The molecular weight excluding hydrogens is 330 g/mol. The Bertz CT molecular complexity index is 698. The molecule has 0 unspecified atom stereocenters. The quantitative estimate of drug-likeness (QED) is 0.693. The SMILES string of the molecule is CCC[C@@H](NC(=O)COc1ccc(C(=O)OCC)cc1)c1ccccc1. The number of amides is 1. The Hall–Kier alpha value is -2.82. The Morgan fingerprint density at radius 2 is 1.69 bits per heavy atom. The number of carbonyl (C=O) groups is 2. The van der Waals surface area contributed by atoms with Gasteiger partial charge in [-0.25, -0.2) is 4.79 Å². The number of ether oxygens (including phenoxy) is 2. The molecule has 2 rings (SSSR count). The molecule has 0 saturated carbocycles. The number of carbonyl (C=O) groups excluding carboxylic acids is 2. The van der Waals surface area contributed by atoms with Crippen molar-refractivity contribution in [2.45, 2.75) is 32.7 Å². The maximum atomic E-state index is 12.2. The molecule has 0 aliphatic rings. The van der Waals surface area contributed by atoms with Crippen molar-refractivity contribution in [3.63, 3.8) is 0 Å². The Morgan fingerprint density at radius 1 is 1.00 bits per heavy atom. The van der Waals surface area contributed by atoms with Crippen LogP contribution < -0.4 is 10.1 Å². The minimum absolute atomic E-state index is 0.0245. The van der Waals surface area contributed by atoms with E-state index < -0.39 is 0 Å². The molecule has 0 spiro atoms. The van der Waals surface area contributed by atoms with E-state index in [9.17, 15) is 9.59 Å². The molecule has 0 saturated heterocycles. The van der Waals surface area contributed by atoms with Gasteiger partial charge in [0.1, 0.15) is 5.75 Å². The molecule has 5 heteroatoms. The van der Waals surface area contributed by atoms with Crippen molar-refractivity contribution in [1.82, 2.24) is 5.32 Å². The highest BCUT2D eigenvalue weighted by atomic mass is 16.5. The molecule has 5 nitrogen and oxygen atoms in total. The minimum atomic E-state index is -0.373. The number of esters is 1. The van der Waals surface area contributed by atoms with Gasteiger partial charge in [0, 0.05) is 0 Å². The first-order valence-corrected chi connectivity index (χ1v) is 8.88. The third-order valence-electron chi connectivity index (χ3n) is 3.85. The van der Waals surface area contributed by atoms with Crippen molar-refractivity contribution >= 4 is 11.9 Å². The van der Waals surface area contributed by atoms with E-state index in [1.807, 2.05) is 30.3 Å². The molecule has 1 amide bonds. The van der Waals surface area contributed by atoms with Crippen LogP contribution in [0, 0.1) is 0 Å². The van der Waals surface area contributed by atoms with Crippen LogP contribution in [0.3, 0.4) is 0 Å². The largest absolute Gasteiger partial charge is 0.484 e. The summed E-state index contributed by atoms with van der Waals surface area (Å²) < 4.78 is 10.4. The van der Waals surface area contributed by atoms with Gasteiger partial charge >= 0.3 is 5.97 Å². The summed E-state index contributed by atoms with van der Waals surface area (Å²) in [6.45, 7) is 4.10. The topological polar surface area (TPSA) is 64.6 Å². The molecule has 1 atom stereocenters. The molecule has 0 aromatic heterocycles. The highest BCUT2D eigenvalue weighted by Crippen LogP contribution is 2.18. The summed E-state index contributed by atoms with van der Waals surface area (Å²) in [7, 11) is 0. The van der Waals surface area contributed by atoms with E-state index in [0.717, 1.165) is 18.4 Å². The Kier molecular flexibility index (Phi) is 7.68. The summed E-state index contributed by atoms with van der Waals surface area (Å²) in [6.07, 6.45) is 1.83. The molecule has 138 valence electrons. The van der Waals surface area contributed by atoms with Crippen LogP contribution in [0.2, 0.25) is 0 Å². The van der Waals surface area contributed by atoms with Gasteiger partial charge in [-0.05, 0) is 43.2 Å². The third kappa shape index (κ3) is 5.92. The second kappa shape index (κ2) is 10.2. The molecule has 0 fully saturated rings. The maximum Gasteiger partial charge on any atom is 0.338 e. The molecule has 1 N–H and O–H groups in total. The Labute approximate surface area is 154 Å². The molecule has 0 aliphatic heterocycles. The van der Waals surface area contributed by atoms with Gasteiger partial charge in [0.2, 0.25) is 0 Å². The average molecular weight is 355 g/mol. The number of nitrogens with one attached hydrogen (secondary N) is 1. The van der Waals surface area contributed by atoms with Crippen molar-refractivity contribution in [3.05, 3.63) is 65.7 Å². The van der Waals surface area contributed by atoms with Gasteiger partial charge in [0.25, 0.3) is 5.91 Å². The number of hydrogen-bond acceptors (Lipinski definition) is 4. The zero-order valence-electron chi connectivity index (χ0n) is 15.2. The first-order valence-electron chi connectivity index (χ1n) is 8.88. The fraction of sp³-hybridized carbons (Fsp3) is 0.333. The molecule has 0 radical (unpaired) electrons. The lowest BCUT2D eigenvalue weighted by Crippen LogP contribution is -2.32. The summed E-state index contributed by atoms with van der Waals surface area (Å²) in [5, 5.41) is 3.01. The summed E-state index contributed by atoms with van der Waals surface area (Å²) in [4.78, 5) is 23.8. The Morgan fingerprint density at radius 3 is 2.31 bits per heavy atom. The van der Waals surface area contributed by atoms with Crippen LogP contribution in [0.5, 0.6) is 5.75 Å². The highest BCUT2D eigenvalue weighted by molar-refractivity contribution is 5.89. The Balaban J connectivity index is 1.88. The van der Waals surface area contributed by atoms with E-state index in [0.29, 0.717) is 17.9 Å². The highest BCUT2D eigenvalue weighted by Gasteiger charge is 2.14. The third-order valence-corrected chi connectivity index (χ3v) is 3.85. The fourth-order valence-electron chi connectivity index (χ4n) is 2.58. The molecule has 0 bridgehead atoms. The van der Waals surface area contributed by atoms with Crippen molar-refractivity contribution in [2.24, 2.45) is 0 Å². The second-order valence-corrected chi connectivity index (χ2v) is 5.85. The van der Waals surface area contributed by atoms with E-state index in [1.54, 1.807) is 31.2 Å². The van der Waals surface area contributed by atoms with Crippen molar-refractivity contribution in [2.75, 3.05) is 13.2 Å². The normalized spacial score (nSPS) is 11.5. The van der Waals surface area contributed by atoms with Crippen molar-refractivity contribution in [3.8, 4) is 5.75 Å². The lowest BCUT2D eigenvalue weighted by Gasteiger charge is -2.18. The predicted octanol–water partition coefficient (Wildman–Crippen LogP) is 3.90. The maximum absolute atomic E-state index is 12.2. The van der Waals surface area contributed by atoms with Gasteiger partial charge in [-0.2, -0.15) is 0 Å². The molecule has 0 aliphatic carbocycles. The summed E-state index contributed by atoms with van der Waals surface area (Å²) in [6, 6.07) is 16.4. The van der Waals surface area contributed by atoms with Crippen LogP contribution >= 0.6 is 0 Å². The number of hydrogen-bond donors (Lipinski definition) is 1. The lowest BCUT2D eigenvalue weighted by atomic mass is 10.0. The van der Waals surface area contributed by atoms with Crippen LogP contribution in [0.25, 0.3) is 0 Å². The number of benzene rings is 2. The van der Waals surface area contributed by atoms with E-state index >= 15 is 0 Å². The summed E-state index contributed by atoms with van der Waals surface area (Å²) >= 11 is 0. The van der Waals surface area contributed by atoms with Gasteiger partial charge in [0.15, 0.2) is 6.61 Å². The standard InChI is InChI=1S/C21H25NO4/c1-3-8-19(16-9-6-5-7-10-16)22-20(23)15-26-18-13-11-17(12-14-18)21(24)25-4-2/h5-7,9-14,19H,3-4,8,15H2,1-2H3,(H,22,23)/t19-/m1/s1. The van der Waals surface area contributed by atoms with Gasteiger partial charge in [-0.1, -0.05) is 43.7 Å². The van der Waals surface area contributed by atoms with Gasteiger partial charge < -0.3 is 14.8 Å². The van der Waals surface area contributed by atoms with Crippen LogP contribution in [0.15, 0.2) is 54.6 Å². The fourth-order valence-corrected chi connectivity index (χ4v) is 2.58. The van der Waals surface area contributed by atoms with Crippen LogP contribution in [0.1, 0.15) is 48.7 Å². The van der Waals surface area contributed by atoms with Gasteiger partial charge in [-0.15, -0.1) is 0 Å². The molecule has 0 heterocycles. The molecule has 2 aromatic rings.